The highest BCUT2D eigenvalue weighted by atomic mass is 16.1. The molecule has 0 aliphatic rings. The van der Waals surface area contributed by atoms with Crippen LogP contribution in [0.5, 0.6) is 0 Å². The summed E-state index contributed by atoms with van der Waals surface area (Å²) < 4.78 is 0. The van der Waals surface area contributed by atoms with Gasteiger partial charge in [0.2, 0.25) is 5.91 Å². The van der Waals surface area contributed by atoms with E-state index in [1.54, 1.807) is 13.8 Å². The van der Waals surface area contributed by atoms with E-state index < -0.39 is 11.3 Å². The van der Waals surface area contributed by atoms with Crippen molar-refractivity contribution in [3.05, 3.63) is 0 Å². The molecule has 0 spiro atoms. The predicted octanol–water partition coefficient (Wildman–Crippen LogP) is -1.23. The molecule has 0 saturated heterocycles. The fraction of sp³-hybridized carbons (Fsp3) is 0.667. The first-order chi connectivity index (χ1) is 4.86. The Morgan fingerprint density at radius 3 is 2.09 bits per heavy atom. The first-order valence-corrected chi connectivity index (χ1v) is 3.21. The Bertz CT molecular complexity index is 181. The van der Waals surface area contributed by atoms with Gasteiger partial charge in [0.25, 0.3) is 0 Å². The van der Waals surface area contributed by atoms with E-state index in [0.717, 1.165) is 0 Å². The van der Waals surface area contributed by atoms with Gasteiger partial charge in [-0.25, -0.2) is 0 Å². The van der Waals surface area contributed by atoms with Gasteiger partial charge in [-0.3, -0.25) is 9.79 Å². The summed E-state index contributed by atoms with van der Waals surface area (Å²) in [5.74, 6) is -0.443. The van der Waals surface area contributed by atoms with Crippen LogP contribution in [0.15, 0.2) is 4.99 Å². The minimum absolute atomic E-state index is 0.0284. The number of guanidine groups is 1. The highest BCUT2D eigenvalue weighted by Gasteiger charge is 2.24. The summed E-state index contributed by atoms with van der Waals surface area (Å²) >= 11 is 0. The molecule has 0 radical (unpaired) electrons. The summed E-state index contributed by atoms with van der Waals surface area (Å²) in [6, 6.07) is 0. The minimum atomic E-state index is -0.677. The van der Waals surface area contributed by atoms with Crippen molar-refractivity contribution in [2.75, 3.05) is 6.54 Å². The Kier molecular flexibility index (Phi) is 2.86. The lowest BCUT2D eigenvalue weighted by atomic mass is 9.93. The number of carbonyl (C=O) groups excluding carboxylic acids is 1. The molecule has 0 atom stereocenters. The molecule has 5 nitrogen and oxygen atoms in total. The maximum Gasteiger partial charge on any atom is 0.224 e. The molecule has 0 bridgehead atoms. The van der Waals surface area contributed by atoms with Crippen molar-refractivity contribution in [3.8, 4) is 0 Å². The molecule has 0 aromatic carbocycles. The van der Waals surface area contributed by atoms with E-state index in [0.29, 0.717) is 0 Å². The van der Waals surface area contributed by atoms with Crippen molar-refractivity contribution in [1.29, 1.82) is 0 Å². The van der Waals surface area contributed by atoms with Gasteiger partial charge in [0.15, 0.2) is 5.96 Å². The lowest BCUT2D eigenvalue weighted by Gasteiger charge is -2.16. The Morgan fingerprint density at radius 1 is 1.36 bits per heavy atom. The molecule has 0 heterocycles. The van der Waals surface area contributed by atoms with E-state index in [9.17, 15) is 4.79 Å². The summed E-state index contributed by atoms with van der Waals surface area (Å²) in [4.78, 5) is 14.4. The van der Waals surface area contributed by atoms with E-state index in [2.05, 4.69) is 4.99 Å². The maximum absolute atomic E-state index is 10.7. The molecular weight excluding hydrogens is 144 g/mol. The van der Waals surface area contributed by atoms with Gasteiger partial charge in [0.05, 0.1) is 12.0 Å². The number of primary amides is 1. The Morgan fingerprint density at radius 2 is 1.82 bits per heavy atom. The molecule has 0 aliphatic heterocycles. The molecule has 1 amide bonds. The normalized spacial score (nSPS) is 10.7. The zero-order chi connectivity index (χ0) is 9.07. The molecule has 0 fully saturated rings. The van der Waals surface area contributed by atoms with Gasteiger partial charge in [0.1, 0.15) is 0 Å². The largest absolute Gasteiger partial charge is 0.370 e. The summed E-state index contributed by atoms with van der Waals surface area (Å²) in [5.41, 5.74) is 14.5. The van der Waals surface area contributed by atoms with Crippen molar-refractivity contribution in [2.24, 2.45) is 27.6 Å². The van der Waals surface area contributed by atoms with Crippen LogP contribution in [-0.4, -0.2) is 18.4 Å². The van der Waals surface area contributed by atoms with Crippen LogP contribution in [-0.2, 0) is 4.79 Å². The highest BCUT2D eigenvalue weighted by Crippen LogP contribution is 2.13. The molecule has 0 saturated carbocycles. The molecule has 5 heteroatoms. The average molecular weight is 158 g/mol. The second-order valence-electron chi connectivity index (χ2n) is 2.99. The maximum atomic E-state index is 10.7. The standard InChI is InChI=1S/C6H14N4O/c1-6(2,4(7)11)3-10-5(8)9/h3H2,1-2H3,(H2,7,11)(H4,8,9,10). The molecular formula is C6H14N4O. The molecule has 0 rings (SSSR count). The van der Waals surface area contributed by atoms with Gasteiger partial charge >= 0.3 is 0 Å². The van der Waals surface area contributed by atoms with E-state index >= 15 is 0 Å². The van der Waals surface area contributed by atoms with Gasteiger partial charge in [-0.2, -0.15) is 0 Å². The number of aliphatic imine (C=N–C) groups is 1. The van der Waals surface area contributed by atoms with Crippen LogP contribution in [0.4, 0.5) is 0 Å². The van der Waals surface area contributed by atoms with E-state index in [1.165, 1.54) is 0 Å². The third-order valence-corrected chi connectivity index (χ3v) is 1.32. The van der Waals surface area contributed by atoms with Crippen molar-refractivity contribution < 1.29 is 4.79 Å². The topological polar surface area (TPSA) is 107 Å². The number of nitrogens with two attached hydrogens (primary N) is 3. The summed E-state index contributed by atoms with van der Waals surface area (Å²) in [5, 5.41) is 0. The second-order valence-corrected chi connectivity index (χ2v) is 2.99. The zero-order valence-corrected chi connectivity index (χ0v) is 6.79. The van der Waals surface area contributed by atoms with Gasteiger partial charge < -0.3 is 17.2 Å². The van der Waals surface area contributed by atoms with Crippen LogP contribution in [0.3, 0.4) is 0 Å². The molecule has 0 aromatic heterocycles. The second kappa shape index (κ2) is 3.23. The SMILES string of the molecule is CC(C)(CN=C(N)N)C(N)=O. The number of rotatable bonds is 3. The monoisotopic (exact) mass is 158 g/mol. The highest BCUT2D eigenvalue weighted by molar-refractivity contribution is 5.81. The van der Waals surface area contributed by atoms with E-state index in [1.807, 2.05) is 0 Å². The van der Waals surface area contributed by atoms with Gasteiger partial charge in [-0.1, -0.05) is 0 Å². The van der Waals surface area contributed by atoms with Crippen LogP contribution in [0.2, 0.25) is 0 Å². The molecule has 11 heavy (non-hydrogen) atoms. The zero-order valence-electron chi connectivity index (χ0n) is 6.79. The van der Waals surface area contributed by atoms with Crippen LogP contribution in [0, 0.1) is 5.41 Å². The van der Waals surface area contributed by atoms with Crippen molar-refractivity contribution in [2.45, 2.75) is 13.8 Å². The fourth-order valence-corrected chi connectivity index (χ4v) is 0.367. The summed E-state index contributed by atoms with van der Waals surface area (Å²) in [7, 11) is 0. The average Bonchev–Trinajstić information content (AvgIpc) is 1.84. The first-order valence-electron chi connectivity index (χ1n) is 3.21. The lowest BCUT2D eigenvalue weighted by molar-refractivity contribution is -0.125. The Balaban J connectivity index is 4.14. The molecule has 0 unspecified atom stereocenters. The molecule has 64 valence electrons. The number of hydrogen-bond acceptors (Lipinski definition) is 2. The van der Waals surface area contributed by atoms with Crippen molar-refractivity contribution >= 4 is 11.9 Å². The van der Waals surface area contributed by atoms with Gasteiger partial charge in [-0.15, -0.1) is 0 Å². The quantitative estimate of drug-likeness (QED) is 0.353. The fourth-order valence-electron chi connectivity index (χ4n) is 0.367. The number of amides is 1. The smallest absolute Gasteiger partial charge is 0.224 e. The van der Waals surface area contributed by atoms with Gasteiger partial charge in [-0.05, 0) is 13.8 Å². The van der Waals surface area contributed by atoms with Crippen LogP contribution >= 0.6 is 0 Å². The third-order valence-electron chi connectivity index (χ3n) is 1.32. The molecule has 0 aromatic rings. The lowest BCUT2D eigenvalue weighted by Crippen LogP contribution is -2.35. The number of hydrogen-bond donors (Lipinski definition) is 3. The minimum Gasteiger partial charge on any atom is -0.370 e. The van der Waals surface area contributed by atoms with Crippen molar-refractivity contribution in [1.82, 2.24) is 0 Å². The first kappa shape index (κ1) is 9.74. The van der Waals surface area contributed by atoms with Crippen LogP contribution in [0.25, 0.3) is 0 Å². The predicted molar refractivity (Wildman–Crippen MR) is 43.7 cm³/mol. The van der Waals surface area contributed by atoms with Crippen LogP contribution < -0.4 is 17.2 Å². The Hall–Kier alpha value is -1.26. The van der Waals surface area contributed by atoms with E-state index in [4.69, 9.17) is 17.2 Å². The van der Waals surface area contributed by atoms with Crippen LogP contribution in [0.1, 0.15) is 13.8 Å². The summed E-state index contributed by atoms with van der Waals surface area (Å²) in [6.45, 7) is 3.59. The van der Waals surface area contributed by atoms with Crippen molar-refractivity contribution in [3.63, 3.8) is 0 Å². The third kappa shape index (κ3) is 3.44. The summed E-state index contributed by atoms with van der Waals surface area (Å²) in [6.07, 6.45) is 0. The number of nitrogens with zero attached hydrogens (tertiary/aromatic N) is 1. The molecule has 6 N–H and O–H groups in total. The number of carbonyl (C=O) groups is 1. The van der Waals surface area contributed by atoms with Gasteiger partial charge in [0, 0.05) is 0 Å². The van der Waals surface area contributed by atoms with E-state index in [-0.39, 0.29) is 12.5 Å². The Labute approximate surface area is 65.6 Å². The molecule has 0 aliphatic carbocycles.